The van der Waals surface area contributed by atoms with Crippen molar-refractivity contribution in [3.8, 4) is 5.75 Å². The van der Waals surface area contributed by atoms with Gasteiger partial charge < -0.3 is 15.3 Å². The van der Waals surface area contributed by atoms with Gasteiger partial charge in [-0.25, -0.2) is 4.39 Å². The van der Waals surface area contributed by atoms with Crippen LogP contribution in [0.5, 0.6) is 5.75 Å². The number of amides is 2. The summed E-state index contributed by atoms with van der Waals surface area (Å²) in [6.45, 7) is 1.79. The number of carbonyl (C=O) groups excluding carboxylic acids is 2. The third-order valence-corrected chi connectivity index (χ3v) is 6.23. The molecule has 4 rings (SSSR count). The van der Waals surface area contributed by atoms with E-state index in [0.717, 1.165) is 19.3 Å². The van der Waals surface area contributed by atoms with Gasteiger partial charge in [-0.05, 0) is 32.3 Å². The van der Waals surface area contributed by atoms with Crippen LogP contribution in [0.4, 0.5) is 4.39 Å². The molecule has 0 bridgehead atoms. The third kappa shape index (κ3) is 3.42. The van der Waals surface area contributed by atoms with Gasteiger partial charge in [-0.3, -0.25) is 24.1 Å². The minimum absolute atomic E-state index is 0.0198. The first kappa shape index (κ1) is 21.2. The average molecular weight is 449 g/mol. The molecule has 0 aliphatic carbocycles. The molecule has 10 heteroatoms. The van der Waals surface area contributed by atoms with Crippen molar-refractivity contribution in [1.82, 2.24) is 14.9 Å². The zero-order chi connectivity index (χ0) is 22.4. The molecule has 8 nitrogen and oxygen atoms in total. The highest BCUT2D eigenvalue weighted by Crippen LogP contribution is 2.31. The molecular formula is C21H22ClFN4O4. The van der Waals surface area contributed by atoms with Gasteiger partial charge in [0, 0.05) is 31.4 Å². The van der Waals surface area contributed by atoms with Gasteiger partial charge in [-0.1, -0.05) is 23.7 Å². The minimum Gasteiger partial charge on any atom is -0.502 e. The molecule has 1 saturated heterocycles. The van der Waals surface area contributed by atoms with E-state index in [0.29, 0.717) is 0 Å². The number of fused-ring (bicyclic) bond motifs is 3. The molecular weight excluding hydrogens is 427 g/mol. The maximum absolute atomic E-state index is 14.1. The number of pyridine rings is 1. The molecule has 2 atom stereocenters. The summed E-state index contributed by atoms with van der Waals surface area (Å²) < 4.78 is 15.5. The zero-order valence-electron chi connectivity index (χ0n) is 17.1. The van der Waals surface area contributed by atoms with Crippen molar-refractivity contribution in [2.45, 2.75) is 44.9 Å². The summed E-state index contributed by atoms with van der Waals surface area (Å²) in [5.41, 5.74) is -1.31. The number of aromatic hydroxyl groups is 1. The van der Waals surface area contributed by atoms with Crippen molar-refractivity contribution < 1.29 is 19.1 Å². The van der Waals surface area contributed by atoms with Crippen molar-refractivity contribution in [2.75, 3.05) is 12.1 Å². The number of benzene rings is 1. The molecule has 0 radical (unpaired) electrons. The normalized spacial score (nSPS) is 20.3. The number of nitrogens with zero attached hydrogens (tertiary/aromatic N) is 3. The molecule has 1 aromatic heterocycles. The van der Waals surface area contributed by atoms with Crippen molar-refractivity contribution in [3.63, 3.8) is 0 Å². The van der Waals surface area contributed by atoms with E-state index in [-0.39, 0.29) is 40.6 Å². The van der Waals surface area contributed by atoms with Crippen LogP contribution >= 0.6 is 11.6 Å². The standard InChI is InChI=1S/C21H22ClFN4O4/c1-11-5-3-8-15-25(2)21(31)17-19(29)18(28)13(10-26(17)27(11)15)20(30)24-9-12-6-4-7-14(22)16(12)23/h4,6-7,10-11,15,29H,3,5,8-9H2,1-2H3,(H,24,30)/t11-,15+/m1/s1. The Labute approximate surface area is 182 Å². The van der Waals surface area contributed by atoms with Crippen molar-refractivity contribution in [1.29, 1.82) is 0 Å². The monoisotopic (exact) mass is 448 g/mol. The van der Waals surface area contributed by atoms with Crippen LogP contribution in [-0.2, 0) is 6.54 Å². The molecule has 2 amide bonds. The highest BCUT2D eigenvalue weighted by molar-refractivity contribution is 6.30. The average Bonchev–Trinajstić information content (AvgIpc) is 2.74. The molecule has 0 unspecified atom stereocenters. The number of carbonyl (C=O) groups is 2. The van der Waals surface area contributed by atoms with E-state index in [4.69, 9.17) is 11.6 Å². The highest BCUT2D eigenvalue weighted by Gasteiger charge is 2.42. The molecule has 0 saturated carbocycles. The summed E-state index contributed by atoms with van der Waals surface area (Å²) in [4.78, 5) is 39.8. The van der Waals surface area contributed by atoms with E-state index in [1.807, 2.05) is 11.9 Å². The molecule has 2 aliphatic heterocycles. The van der Waals surface area contributed by atoms with Crippen LogP contribution in [0.3, 0.4) is 0 Å². The number of piperidine rings is 1. The molecule has 2 N–H and O–H groups in total. The number of rotatable bonds is 3. The van der Waals surface area contributed by atoms with E-state index in [1.165, 1.54) is 27.9 Å². The highest BCUT2D eigenvalue weighted by atomic mass is 35.5. The van der Waals surface area contributed by atoms with Gasteiger partial charge in [-0.2, -0.15) is 0 Å². The van der Waals surface area contributed by atoms with Crippen LogP contribution in [0.25, 0.3) is 0 Å². The Morgan fingerprint density at radius 3 is 2.81 bits per heavy atom. The van der Waals surface area contributed by atoms with E-state index in [1.54, 1.807) is 13.1 Å². The molecule has 164 valence electrons. The van der Waals surface area contributed by atoms with Gasteiger partial charge in [0.1, 0.15) is 17.5 Å². The van der Waals surface area contributed by atoms with E-state index >= 15 is 0 Å². The fourth-order valence-electron chi connectivity index (χ4n) is 4.27. The maximum Gasteiger partial charge on any atom is 0.277 e. The topological polar surface area (TPSA) is 94.9 Å². The number of halogens is 2. The Morgan fingerprint density at radius 1 is 1.32 bits per heavy atom. The Hall–Kier alpha value is -3.07. The molecule has 2 aliphatic rings. The summed E-state index contributed by atoms with van der Waals surface area (Å²) in [5.74, 6) is -2.72. The van der Waals surface area contributed by atoms with Gasteiger partial charge in [0.2, 0.25) is 5.43 Å². The van der Waals surface area contributed by atoms with Gasteiger partial charge in [-0.15, -0.1) is 0 Å². The Kier molecular flexibility index (Phi) is 5.38. The largest absolute Gasteiger partial charge is 0.502 e. The van der Waals surface area contributed by atoms with Gasteiger partial charge in [0.15, 0.2) is 11.4 Å². The maximum atomic E-state index is 14.1. The summed E-state index contributed by atoms with van der Waals surface area (Å²) in [6, 6.07) is 4.42. The smallest absolute Gasteiger partial charge is 0.277 e. The lowest BCUT2D eigenvalue weighted by molar-refractivity contribution is 0.0559. The van der Waals surface area contributed by atoms with Crippen molar-refractivity contribution in [3.05, 3.63) is 62.3 Å². The minimum atomic E-state index is -0.958. The number of nitrogens with one attached hydrogen (secondary N) is 1. The van der Waals surface area contributed by atoms with E-state index in [2.05, 4.69) is 5.32 Å². The van der Waals surface area contributed by atoms with Crippen LogP contribution in [0.2, 0.25) is 5.02 Å². The number of hydrogen-bond donors (Lipinski definition) is 2. The van der Waals surface area contributed by atoms with Crippen LogP contribution in [0.15, 0.2) is 29.2 Å². The number of hydrogen-bond acceptors (Lipinski definition) is 5. The first-order chi connectivity index (χ1) is 14.7. The molecule has 31 heavy (non-hydrogen) atoms. The molecule has 1 fully saturated rings. The first-order valence-electron chi connectivity index (χ1n) is 9.97. The van der Waals surface area contributed by atoms with Gasteiger partial charge >= 0.3 is 0 Å². The van der Waals surface area contributed by atoms with Crippen LogP contribution in [-0.4, -0.2) is 45.8 Å². The zero-order valence-corrected chi connectivity index (χ0v) is 17.8. The Morgan fingerprint density at radius 2 is 2.06 bits per heavy atom. The van der Waals surface area contributed by atoms with Gasteiger partial charge in [0.05, 0.1) is 5.02 Å². The second-order valence-electron chi connectivity index (χ2n) is 7.87. The summed E-state index contributed by atoms with van der Waals surface area (Å²) >= 11 is 5.76. The number of aromatic nitrogens is 1. The lowest BCUT2D eigenvalue weighted by Gasteiger charge is -2.50. The fraction of sp³-hybridized carbons (Fsp3) is 0.381. The molecule has 1 aromatic carbocycles. The van der Waals surface area contributed by atoms with Gasteiger partial charge in [0.25, 0.3) is 11.8 Å². The third-order valence-electron chi connectivity index (χ3n) is 5.94. The predicted molar refractivity (Wildman–Crippen MR) is 112 cm³/mol. The van der Waals surface area contributed by atoms with Crippen molar-refractivity contribution in [2.24, 2.45) is 0 Å². The lowest BCUT2D eigenvalue weighted by Crippen LogP contribution is -2.64. The molecule has 0 spiro atoms. The predicted octanol–water partition coefficient (Wildman–Crippen LogP) is 2.20. The van der Waals surface area contributed by atoms with Crippen molar-refractivity contribution >= 4 is 23.4 Å². The lowest BCUT2D eigenvalue weighted by atomic mass is 10.00. The second-order valence-corrected chi connectivity index (χ2v) is 8.27. The summed E-state index contributed by atoms with van der Waals surface area (Å²) in [7, 11) is 1.63. The second kappa shape index (κ2) is 7.88. The Bertz CT molecular complexity index is 1140. The quantitative estimate of drug-likeness (QED) is 0.750. The van der Waals surface area contributed by atoms with Crippen LogP contribution < -0.4 is 15.8 Å². The Balaban J connectivity index is 1.72. The SMILES string of the molecule is C[C@@H]1CCC[C@H]2N(C)C(=O)c3c(O)c(=O)c(C(=O)NCc4cccc(Cl)c4F)cn3N12. The van der Waals surface area contributed by atoms with E-state index < -0.39 is 28.8 Å². The summed E-state index contributed by atoms with van der Waals surface area (Å²) in [6.07, 6.45) is 3.55. The first-order valence-corrected chi connectivity index (χ1v) is 10.4. The van der Waals surface area contributed by atoms with Crippen LogP contribution in [0, 0.1) is 5.82 Å². The molecule has 3 heterocycles. The van der Waals surface area contributed by atoms with E-state index in [9.17, 15) is 23.9 Å². The van der Waals surface area contributed by atoms with Crippen LogP contribution in [0.1, 0.15) is 52.6 Å². The molecule has 2 aromatic rings. The fourth-order valence-corrected chi connectivity index (χ4v) is 4.47. The summed E-state index contributed by atoms with van der Waals surface area (Å²) in [5, 5.41) is 14.8.